The molecule has 2 N–H and O–H groups in total. The summed E-state index contributed by atoms with van der Waals surface area (Å²) in [5, 5.41) is 27.0. The standard InChI is InChI=1S/C21H21N9O/c31-19-7-14(18-11-30-20(9-23-18)25-12-26-30)3-4-15(19)16-8-24-21(28-27-16)29-6-5-22-17(10-29)13-1-2-13/h3-4,7-9,11-13,17,22,31H,1-2,5-6,10H2/t17-/m1/s1. The van der Waals surface area contributed by atoms with Gasteiger partial charge in [0.2, 0.25) is 5.95 Å². The van der Waals surface area contributed by atoms with E-state index in [2.05, 4.69) is 40.5 Å². The molecule has 1 aliphatic carbocycles. The molecule has 1 saturated heterocycles. The number of rotatable bonds is 4. The van der Waals surface area contributed by atoms with E-state index in [-0.39, 0.29) is 5.75 Å². The number of nitrogens with one attached hydrogen (secondary N) is 1. The lowest BCUT2D eigenvalue weighted by molar-refractivity contribution is 0.414. The highest BCUT2D eigenvalue weighted by Crippen LogP contribution is 2.34. The maximum Gasteiger partial charge on any atom is 0.245 e. The Morgan fingerprint density at radius 1 is 1.03 bits per heavy atom. The van der Waals surface area contributed by atoms with E-state index >= 15 is 0 Å². The number of hydrogen-bond acceptors (Lipinski definition) is 9. The first-order chi connectivity index (χ1) is 15.2. The molecular formula is C21H21N9O. The van der Waals surface area contributed by atoms with Gasteiger partial charge in [0, 0.05) is 36.8 Å². The number of aromatic nitrogens is 7. The Kier molecular flexibility index (Phi) is 4.23. The monoisotopic (exact) mass is 415 g/mol. The van der Waals surface area contributed by atoms with E-state index in [9.17, 15) is 5.11 Å². The lowest BCUT2D eigenvalue weighted by atomic mass is 10.1. The van der Waals surface area contributed by atoms with Gasteiger partial charge < -0.3 is 15.3 Å². The Hall–Kier alpha value is -3.66. The number of benzene rings is 1. The van der Waals surface area contributed by atoms with Gasteiger partial charge in [-0.05, 0) is 30.9 Å². The topological polar surface area (TPSA) is 117 Å². The molecule has 1 aromatic carbocycles. The number of hydrogen-bond donors (Lipinski definition) is 2. The summed E-state index contributed by atoms with van der Waals surface area (Å²) in [6, 6.07) is 5.86. The molecule has 2 fully saturated rings. The molecule has 31 heavy (non-hydrogen) atoms. The number of phenolic OH excluding ortho intramolecular Hbond substituents is 1. The van der Waals surface area contributed by atoms with Crippen LogP contribution in [0.5, 0.6) is 5.75 Å². The Balaban J connectivity index is 1.23. The van der Waals surface area contributed by atoms with Crippen molar-refractivity contribution in [2.24, 2.45) is 5.92 Å². The molecule has 0 bridgehead atoms. The third-order valence-electron chi connectivity index (χ3n) is 5.96. The van der Waals surface area contributed by atoms with Crippen molar-refractivity contribution in [3.63, 3.8) is 0 Å². The molecule has 4 heterocycles. The fraction of sp³-hybridized carbons (Fsp3) is 0.333. The fourth-order valence-electron chi connectivity index (χ4n) is 4.10. The van der Waals surface area contributed by atoms with Gasteiger partial charge in [-0.2, -0.15) is 5.10 Å². The predicted molar refractivity (Wildman–Crippen MR) is 113 cm³/mol. The molecule has 0 unspecified atom stereocenters. The van der Waals surface area contributed by atoms with Crippen molar-refractivity contribution < 1.29 is 5.11 Å². The van der Waals surface area contributed by atoms with Gasteiger partial charge in [0.1, 0.15) is 17.8 Å². The van der Waals surface area contributed by atoms with Crippen LogP contribution < -0.4 is 10.2 Å². The maximum atomic E-state index is 10.6. The molecule has 4 aromatic rings. The molecule has 2 aliphatic rings. The molecule has 6 rings (SSSR count). The zero-order valence-electron chi connectivity index (χ0n) is 16.8. The van der Waals surface area contributed by atoms with Crippen molar-refractivity contribution in [1.82, 2.24) is 40.1 Å². The molecule has 10 nitrogen and oxygen atoms in total. The summed E-state index contributed by atoms with van der Waals surface area (Å²) in [7, 11) is 0. The van der Waals surface area contributed by atoms with Crippen LogP contribution in [-0.2, 0) is 0 Å². The van der Waals surface area contributed by atoms with Crippen LogP contribution in [0.3, 0.4) is 0 Å². The smallest absolute Gasteiger partial charge is 0.245 e. The lowest BCUT2D eigenvalue weighted by Crippen LogP contribution is -2.52. The molecule has 1 aliphatic heterocycles. The van der Waals surface area contributed by atoms with Crippen molar-refractivity contribution in [2.75, 3.05) is 24.5 Å². The molecule has 1 atom stereocenters. The van der Waals surface area contributed by atoms with Gasteiger partial charge >= 0.3 is 0 Å². The second-order valence-electron chi connectivity index (χ2n) is 8.05. The van der Waals surface area contributed by atoms with Crippen LogP contribution in [0.25, 0.3) is 28.2 Å². The summed E-state index contributed by atoms with van der Waals surface area (Å²) >= 11 is 0. The van der Waals surface area contributed by atoms with Crippen molar-refractivity contribution in [1.29, 1.82) is 0 Å². The minimum atomic E-state index is 0.0952. The van der Waals surface area contributed by atoms with Gasteiger partial charge in [0.15, 0.2) is 5.65 Å². The zero-order chi connectivity index (χ0) is 20.8. The number of anilines is 1. The molecule has 0 spiro atoms. The maximum absolute atomic E-state index is 10.6. The van der Waals surface area contributed by atoms with Crippen LogP contribution in [-0.4, -0.2) is 65.5 Å². The average molecular weight is 415 g/mol. The SMILES string of the molecule is Oc1cc(-c2cn3ncnc3cn2)ccc1-c1cnc(N2CCN[C@@H](C3CC3)C2)nn1. The Morgan fingerprint density at radius 3 is 2.77 bits per heavy atom. The second-order valence-corrected chi connectivity index (χ2v) is 8.05. The lowest BCUT2D eigenvalue weighted by Gasteiger charge is -2.33. The summed E-state index contributed by atoms with van der Waals surface area (Å²) in [6.45, 7) is 2.71. The van der Waals surface area contributed by atoms with Crippen LogP contribution in [0.1, 0.15) is 12.8 Å². The van der Waals surface area contributed by atoms with Crippen LogP contribution in [0.2, 0.25) is 0 Å². The van der Waals surface area contributed by atoms with Crippen LogP contribution in [0, 0.1) is 5.92 Å². The fourth-order valence-corrected chi connectivity index (χ4v) is 4.10. The molecule has 0 amide bonds. The second kappa shape index (κ2) is 7.24. The highest BCUT2D eigenvalue weighted by molar-refractivity contribution is 5.72. The highest BCUT2D eigenvalue weighted by atomic mass is 16.3. The number of fused-ring (bicyclic) bond motifs is 1. The molecular weight excluding hydrogens is 394 g/mol. The van der Waals surface area contributed by atoms with Gasteiger partial charge in [0.25, 0.3) is 0 Å². The van der Waals surface area contributed by atoms with Crippen molar-refractivity contribution in [3.05, 3.63) is 43.1 Å². The van der Waals surface area contributed by atoms with Crippen molar-refractivity contribution in [2.45, 2.75) is 18.9 Å². The highest BCUT2D eigenvalue weighted by Gasteiger charge is 2.34. The zero-order valence-corrected chi connectivity index (χ0v) is 16.8. The molecule has 1 saturated carbocycles. The third-order valence-corrected chi connectivity index (χ3v) is 5.96. The van der Waals surface area contributed by atoms with Crippen LogP contribution in [0.15, 0.2) is 43.1 Å². The Morgan fingerprint density at radius 2 is 1.97 bits per heavy atom. The minimum absolute atomic E-state index is 0.0952. The molecule has 3 aromatic heterocycles. The van der Waals surface area contributed by atoms with Gasteiger partial charge in [-0.25, -0.2) is 14.5 Å². The number of piperazine rings is 1. The van der Waals surface area contributed by atoms with E-state index in [1.54, 1.807) is 35.2 Å². The summed E-state index contributed by atoms with van der Waals surface area (Å²) in [5.41, 5.74) is 3.22. The van der Waals surface area contributed by atoms with Crippen LogP contribution >= 0.6 is 0 Å². The molecule has 10 heteroatoms. The summed E-state index contributed by atoms with van der Waals surface area (Å²) < 4.78 is 1.64. The first-order valence-corrected chi connectivity index (χ1v) is 10.4. The van der Waals surface area contributed by atoms with E-state index in [1.807, 2.05) is 6.07 Å². The third kappa shape index (κ3) is 3.44. The van der Waals surface area contributed by atoms with E-state index in [4.69, 9.17) is 0 Å². The Labute approximate surface area is 178 Å². The summed E-state index contributed by atoms with van der Waals surface area (Å²) in [5.74, 6) is 1.51. The van der Waals surface area contributed by atoms with E-state index < -0.39 is 0 Å². The Bertz CT molecular complexity index is 1240. The number of phenols is 1. The first kappa shape index (κ1) is 18.1. The summed E-state index contributed by atoms with van der Waals surface area (Å²) in [4.78, 5) is 15.2. The van der Waals surface area contributed by atoms with E-state index in [1.165, 1.54) is 19.2 Å². The average Bonchev–Trinajstić information content (AvgIpc) is 3.56. The van der Waals surface area contributed by atoms with Crippen molar-refractivity contribution in [3.8, 4) is 28.3 Å². The number of aromatic hydroxyl groups is 1. The summed E-state index contributed by atoms with van der Waals surface area (Å²) in [6.07, 6.45) is 9.18. The van der Waals surface area contributed by atoms with Gasteiger partial charge in [-0.1, -0.05) is 6.07 Å². The van der Waals surface area contributed by atoms with Crippen molar-refractivity contribution >= 4 is 11.6 Å². The minimum Gasteiger partial charge on any atom is -0.507 e. The van der Waals surface area contributed by atoms with Gasteiger partial charge in [0.05, 0.1) is 24.3 Å². The normalized spacial score (nSPS) is 19.1. The molecule has 0 radical (unpaired) electrons. The predicted octanol–water partition coefficient (Wildman–Crippen LogP) is 1.54. The number of nitrogens with zero attached hydrogens (tertiary/aromatic N) is 8. The first-order valence-electron chi connectivity index (χ1n) is 10.4. The van der Waals surface area contributed by atoms with E-state index in [0.717, 1.165) is 31.1 Å². The van der Waals surface area contributed by atoms with E-state index in [0.29, 0.717) is 34.6 Å². The molecule has 156 valence electrons. The van der Waals surface area contributed by atoms with Gasteiger partial charge in [-0.15, -0.1) is 10.2 Å². The quantitative estimate of drug-likeness (QED) is 0.512. The largest absolute Gasteiger partial charge is 0.507 e. The van der Waals surface area contributed by atoms with Crippen LogP contribution in [0.4, 0.5) is 5.95 Å². The van der Waals surface area contributed by atoms with Gasteiger partial charge in [-0.3, -0.25) is 4.98 Å².